The van der Waals surface area contributed by atoms with Gasteiger partial charge in [-0.2, -0.15) is 0 Å². The van der Waals surface area contributed by atoms with Crippen molar-refractivity contribution in [3.05, 3.63) is 11.5 Å². The van der Waals surface area contributed by atoms with Crippen LogP contribution in [0.2, 0.25) is 0 Å². The number of rotatable bonds is 7. The van der Waals surface area contributed by atoms with Gasteiger partial charge in [-0.25, -0.2) is 4.99 Å². The van der Waals surface area contributed by atoms with Crippen LogP contribution < -0.4 is 0 Å². The minimum absolute atomic E-state index is 0.566. The molecule has 0 aromatic heterocycles. The lowest BCUT2D eigenvalue weighted by molar-refractivity contribution is 0.280. The topological polar surface area (TPSA) is 34.0 Å². The molecule has 0 heterocycles. The van der Waals surface area contributed by atoms with Crippen LogP contribution in [0.5, 0.6) is 0 Å². The lowest BCUT2D eigenvalue weighted by atomic mass is 10.0. The summed E-state index contributed by atoms with van der Waals surface area (Å²) in [5, 5.41) is 0. The van der Waals surface area contributed by atoms with Crippen molar-refractivity contribution in [3.8, 4) is 0 Å². The fourth-order valence-corrected chi connectivity index (χ4v) is 1.52. The first-order valence-electron chi connectivity index (χ1n) is 5.46. The lowest BCUT2D eigenvalue weighted by Gasteiger charge is -2.11. The van der Waals surface area contributed by atoms with Gasteiger partial charge in [-0.15, -0.1) is 0 Å². The van der Waals surface area contributed by atoms with Gasteiger partial charge in [0.15, 0.2) is 0 Å². The maximum atomic E-state index is 5.34. The molecule has 0 aliphatic rings. The number of hydrogen-bond donors (Lipinski definition) is 0. The molecule has 0 amide bonds. The summed E-state index contributed by atoms with van der Waals surface area (Å²) >= 11 is 2.23. The molecule has 92 valence electrons. The molecule has 3 nitrogen and oxygen atoms in total. The number of halogens is 1. The van der Waals surface area contributed by atoms with E-state index < -0.39 is 0 Å². The highest BCUT2D eigenvalue weighted by molar-refractivity contribution is 14.1. The summed E-state index contributed by atoms with van der Waals surface area (Å²) in [6, 6.07) is 0. The molecule has 0 aliphatic heterocycles. The van der Waals surface area contributed by atoms with Crippen LogP contribution in [0, 0.1) is 5.92 Å². The number of aliphatic imine (C=N–C) groups is 2. The molecule has 0 saturated heterocycles. The van der Waals surface area contributed by atoms with Crippen LogP contribution in [0.3, 0.4) is 0 Å². The second kappa shape index (κ2) is 8.73. The van der Waals surface area contributed by atoms with E-state index in [1.54, 1.807) is 7.11 Å². The van der Waals surface area contributed by atoms with Crippen molar-refractivity contribution < 1.29 is 4.74 Å². The SMILES string of the molecule is C=NC/C(CC(C)C)=C(/N=C(\I)CC)OC. The molecular weight excluding hydrogens is 315 g/mol. The Kier molecular flexibility index (Phi) is 8.51. The van der Waals surface area contributed by atoms with Gasteiger partial charge in [0.2, 0.25) is 5.88 Å². The van der Waals surface area contributed by atoms with E-state index in [1.807, 2.05) is 0 Å². The van der Waals surface area contributed by atoms with E-state index in [1.165, 1.54) is 0 Å². The van der Waals surface area contributed by atoms with E-state index in [0.717, 1.165) is 22.1 Å². The van der Waals surface area contributed by atoms with Crippen molar-refractivity contribution in [2.24, 2.45) is 15.9 Å². The molecular formula is C12H21IN2O. The minimum atomic E-state index is 0.566. The Morgan fingerprint density at radius 1 is 1.44 bits per heavy atom. The van der Waals surface area contributed by atoms with Crippen molar-refractivity contribution >= 4 is 33.0 Å². The van der Waals surface area contributed by atoms with Crippen molar-refractivity contribution in [3.63, 3.8) is 0 Å². The number of ether oxygens (including phenoxy) is 1. The maximum absolute atomic E-state index is 5.34. The molecule has 0 spiro atoms. The Bertz CT molecular complexity index is 283. The molecule has 16 heavy (non-hydrogen) atoms. The van der Waals surface area contributed by atoms with E-state index in [9.17, 15) is 0 Å². The molecule has 0 aliphatic carbocycles. The molecule has 0 saturated carbocycles. The fraction of sp³-hybridized carbons (Fsp3) is 0.667. The third kappa shape index (κ3) is 6.25. The number of hydrogen-bond acceptors (Lipinski definition) is 3. The number of methoxy groups -OCH3 is 1. The Hall–Kier alpha value is -0.390. The van der Waals surface area contributed by atoms with Crippen LogP contribution in [-0.2, 0) is 4.74 Å². The quantitative estimate of drug-likeness (QED) is 0.395. The third-order valence-corrected chi connectivity index (χ3v) is 2.97. The Balaban J connectivity index is 5.05. The highest BCUT2D eigenvalue weighted by atomic mass is 127. The molecule has 0 radical (unpaired) electrons. The van der Waals surface area contributed by atoms with Gasteiger partial charge in [0, 0.05) is 5.57 Å². The summed E-state index contributed by atoms with van der Waals surface area (Å²) in [6.45, 7) is 10.5. The van der Waals surface area contributed by atoms with Crippen LogP contribution in [0.15, 0.2) is 21.4 Å². The van der Waals surface area contributed by atoms with Gasteiger partial charge in [-0.1, -0.05) is 20.8 Å². The van der Waals surface area contributed by atoms with Crippen molar-refractivity contribution in [1.29, 1.82) is 0 Å². The smallest absolute Gasteiger partial charge is 0.214 e. The normalized spacial score (nSPS) is 13.8. The fourth-order valence-electron chi connectivity index (χ4n) is 1.31. The first-order valence-corrected chi connectivity index (χ1v) is 6.54. The van der Waals surface area contributed by atoms with Gasteiger partial charge in [0.25, 0.3) is 0 Å². The van der Waals surface area contributed by atoms with E-state index in [0.29, 0.717) is 18.3 Å². The summed E-state index contributed by atoms with van der Waals surface area (Å²) in [7, 11) is 1.65. The zero-order valence-corrected chi connectivity index (χ0v) is 12.7. The zero-order chi connectivity index (χ0) is 12.6. The predicted molar refractivity (Wildman–Crippen MR) is 79.7 cm³/mol. The molecule has 0 aromatic rings. The van der Waals surface area contributed by atoms with Crippen LogP contribution in [0.25, 0.3) is 0 Å². The zero-order valence-electron chi connectivity index (χ0n) is 10.6. The van der Waals surface area contributed by atoms with Crippen molar-refractivity contribution in [1.82, 2.24) is 0 Å². The van der Waals surface area contributed by atoms with E-state index >= 15 is 0 Å². The van der Waals surface area contributed by atoms with E-state index in [4.69, 9.17) is 4.74 Å². The highest BCUT2D eigenvalue weighted by Crippen LogP contribution is 2.18. The standard InChI is InChI=1S/C12H21IN2O/c1-6-11(13)15-12(16-5)10(8-14-4)7-9(2)3/h9H,4,6-8H2,1-3,5H3/b12-10-,15-11-. The van der Waals surface area contributed by atoms with Gasteiger partial charge in [0.05, 0.1) is 17.4 Å². The lowest BCUT2D eigenvalue weighted by Crippen LogP contribution is -2.02. The molecule has 0 aromatic carbocycles. The van der Waals surface area contributed by atoms with Gasteiger partial charge < -0.3 is 4.74 Å². The molecule has 0 rings (SSSR count). The minimum Gasteiger partial charge on any atom is -0.481 e. The molecule has 0 atom stereocenters. The Morgan fingerprint density at radius 2 is 2.06 bits per heavy atom. The second-order valence-electron chi connectivity index (χ2n) is 3.93. The molecule has 0 unspecified atom stereocenters. The first kappa shape index (κ1) is 15.6. The van der Waals surface area contributed by atoms with Gasteiger partial charge in [0.1, 0.15) is 0 Å². The molecule has 4 heteroatoms. The Labute approximate surface area is 112 Å². The molecule has 0 N–H and O–H groups in total. The van der Waals surface area contributed by atoms with Gasteiger partial charge in [-0.3, -0.25) is 4.99 Å². The average molecular weight is 336 g/mol. The summed E-state index contributed by atoms with van der Waals surface area (Å²) in [4.78, 5) is 8.39. The van der Waals surface area contributed by atoms with E-state index in [-0.39, 0.29) is 0 Å². The first-order chi connectivity index (χ1) is 7.54. The maximum Gasteiger partial charge on any atom is 0.214 e. The Morgan fingerprint density at radius 3 is 2.44 bits per heavy atom. The largest absolute Gasteiger partial charge is 0.481 e. The second-order valence-corrected chi connectivity index (χ2v) is 5.18. The van der Waals surface area contributed by atoms with Gasteiger partial charge >= 0.3 is 0 Å². The van der Waals surface area contributed by atoms with Crippen LogP contribution in [0.4, 0.5) is 0 Å². The highest BCUT2D eigenvalue weighted by Gasteiger charge is 2.09. The predicted octanol–water partition coefficient (Wildman–Crippen LogP) is 3.83. The molecule has 0 fully saturated rings. The summed E-state index contributed by atoms with van der Waals surface area (Å²) < 4.78 is 6.38. The summed E-state index contributed by atoms with van der Waals surface area (Å²) in [5.74, 6) is 1.27. The van der Waals surface area contributed by atoms with Crippen LogP contribution >= 0.6 is 22.6 Å². The van der Waals surface area contributed by atoms with Crippen LogP contribution in [0.1, 0.15) is 33.6 Å². The number of nitrogens with zero attached hydrogens (tertiary/aromatic N) is 2. The monoisotopic (exact) mass is 336 g/mol. The third-order valence-electron chi connectivity index (χ3n) is 1.97. The summed E-state index contributed by atoms with van der Waals surface area (Å²) in [6.07, 6.45) is 1.86. The van der Waals surface area contributed by atoms with Crippen molar-refractivity contribution in [2.45, 2.75) is 33.6 Å². The molecule has 0 bridgehead atoms. The summed E-state index contributed by atoms with van der Waals surface area (Å²) in [5.41, 5.74) is 1.12. The average Bonchev–Trinajstić information content (AvgIpc) is 2.24. The van der Waals surface area contributed by atoms with Crippen molar-refractivity contribution in [2.75, 3.05) is 13.7 Å². The van der Waals surface area contributed by atoms with E-state index in [2.05, 4.69) is 60.1 Å². The van der Waals surface area contributed by atoms with Gasteiger partial charge in [-0.05, 0) is 48.1 Å². The van der Waals surface area contributed by atoms with Crippen LogP contribution in [-0.4, -0.2) is 24.1 Å².